The maximum atomic E-state index is 6.20. The zero-order chi connectivity index (χ0) is 48.6. The fourth-order valence-electron chi connectivity index (χ4n) is 6.88. The molecule has 0 atom stereocenters. The third-order valence-electron chi connectivity index (χ3n) is 9.05. The molecule has 0 spiro atoms. The van der Waals surface area contributed by atoms with Gasteiger partial charge in [-0.3, -0.25) is 0 Å². The van der Waals surface area contributed by atoms with Crippen molar-refractivity contribution >= 4 is 129 Å². The lowest BCUT2D eigenvalue weighted by molar-refractivity contribution is 0.0704. The van der Waals surface area contributed by atoms with Crippen molar-refractivity contribution in [3.63, 3.8) is 0 Å². The quantitative estimate of drug-likeness (QED) is 0.0426. The molecular formula is C42H84O12S8Si4. The summed E-state index contributed by atoms with van der Waals surface area (Å²) in [5.74, 6) is 3.83. The van der Waals surface area contributed by atoms with Crippen LogP contribution in [0.5, 0.6) is 0 Å². The lowest BCUT2D eigenvalue weighted by atomic mass is 10.6. The molecule has 0 radical (unpaired) electrons. The van der Waals surface area contributed by atoms with E-state index in [1.54, 1.807) is 0 Å². The summed E-state index contributed by atoms with van der Waals surface area (Å²) in [6.45, 7) is 31.3. The smallest absolute Gasteiger partial charge is 0.374 e. The first-order valence-corrected chi connectivity index (χ1v) is 39.1. The Morgan fingerprint density at radius 2 is 0.424 bits per heavy atom. The van der Waals surface area contributed by atoms with Crippen LogP contribution in [0.1, 0.15) is 109 Å². The molecule has 0 saturated heterocycles. The van der Waals surface area contributed by atoms with E-state index in [0.29, 0.717) is 79.3 Å². The second-order valence-electron chi connectivity index (χ2n) is 13.9. The molecule has 388 valence electrons. The van der Waals surface area contributed by atoms with Crippen LogP contribution in [0.15, 0.2) is 25.4 Å². The van der Waals surface area contributed by atoms with Crippen LogP contribution < -0.4 is 0 Å². The van der Waals surface area contributed by atoms with Crippen molar-refractivity contribution in [3.8, 4) is 0 Å². The topological polar surface area (TPSA) is 111 Å². The van der Waals surface area contributed by atoms with E-state index in [-0.39, 0.29) is 0 Å². The average Bonchev–Trinajstić information content (AvgIpc) is 3.89. The summed E-state index contributed by atoms with van der Waals surface area (Å²) in [5, 5.41) is 0. The summed E-state index contributed by atoms with van der Waals surface area (Å²) in [6.07, 6.45) is 3.81. The summed E-state index contributed by atoms with van der Waals surface area (Å²) in [5.41, 5.74) is 0. The van der Waals surface area contributed by atoms with Crippen LogP contribution in [0.25, 0.3) is 0 Å². The van der Waals surface area contributed by atoms with Gasteiger partial charge in [0.1, 0.15) is 0 Å². The predicted octanol–water partition coefficient (Wildman–Crippen LogP) is 14.0. The van der Waals surface area contributed by atoms with Crippen LogP contribution in [-0.4, -0.2) is 138 Å². The molecule has 0 aromatic rings. The van der Waals surface area contributed by atoms with Gasteiger partial charge >= 0.3 is 35.2 Å². The van der Waals surface area contributed by atoms with Gasteiger partial charge in [-0.1, -0.05) is 47.0 Å². The van der Waals surface area contributed by atoms with Gasteiger partial charge in [-0.05, 0) is 132 Å². The molecule has 2 aliphatic rings. The third kappa shape index (κ3) is 23.3. The second-order valence-corrected chi connectivity index (χ2v) is 34.9. The van der Waals surface area contributed by atoms with Crippen molar-refractivity contribution in [2.45, 2.75) is 133 Å². The third-order valence-corrected chi connectivity index (χ3v) is 33.6. The lowest BCUT2D eigenvalue weighted by Gasteiger charge is -2.28. The van der Waals surface area contributed by atoms with Crippen molar-refractivity contribution in [2.24, 2.45) is 0 Å². The van der Waals surface area contributed by atoms with Crippen LogP contribution in [0, 0.1) is 0 Å². The molecule has 0 aromatic carbocycles. The van der Waals surface area contributed by atoms with Crippen molar-refractivity contribution in [1.29, 1.82) is 0 Å². The van der Waals surface area contributed by atoms with Crippen molar-refractivity contribution in [2.75, 3.05) is 102 Å². The number of thioether (sulfide) groups is 8. The fraction of sp³-hybridized carbons (Fsp3) is 0.857. The minimum Gasteiger partial charge on any atom is -0.374 e. The molecule has 0 bridgehead atoms. The van der Waals surface area contributed by atoms with Gasteiger partial charge < -0.3 is 53.1 Å². The summed E-state index contributed by atoms with van der Waals surface area (Å²) >= 11 is 15.5. The van der Waals surface area contributed by atoms with Crippen LogP contribution in [0.2, 0.25) is 24.2 Å². The van der Waals surface area contributed by atoms with Crippen LogP contribution in [0.4, 0.5) is 0 Å². The van der Waals surface area contributed by atoms with Crippen molar-refractivity contribution in [1.82, 2.24) is 0 Å². The summed E-state index contributed by atoms with van der Waals surface area (Å²) in [6, 6.07) is 3.22. The Morgan fingerprint density at radius 3 is 0.561 bits per heavy atom. The van der Waals surface area contributed by atoms with Gasteiger partial charge in [0.25, 0.3) is 0 Å². The minimum atomic E-state index is -2.72. The predicted molar refractivity (Wildman–Crippen MR) is 301 cm³/mol. The molecule has 0 fully saturated rings. The fourth-order valence-corrected chi connectivity index (χ4v) is 30.4. The van der Waals surface area contributed by atoms with E-state index in [1.807, 2.05) is 177 Å². The van der Waals surface area contributed by atoms with E-state index in [1.165, 1.54) is 25.4 Å². The molecule has 24 heteroatoms. The molecule has 0 amide bonds. The molecule has 12 nitrogen and oxygen atoms in total. The monoisotopic (exact) mass is 1150 g/mol. The minimum absolute atomic E-state index is 0.589. The summed E-state index contributed by atoms with van der Waals surface area (Å²) in [7, 11) is -10.9. The first-order valence-electron chi connectivity index (χ1n) is 24.2. The van der Waals surface area contributed by atoms with E-state index >= 15 is 0 Å². The van der Waals surface area contributed by atoms with Gasteiger partial charge in [-0.25, -0.2) is 0 Å². The van der Waals surface area contributed by atoms with Crippen LogP contribution >= 0.6 is 94.1 Å². The average molecular weight is 1150 g/mol. The Morgan fingerprint density at radius 1 is 0.273 bits per heavy atom. The molecule has 2 heterocycles. The zero-order valence-electron chi connectivity index (χ0n) is 42.1. The molecule has 0 saturated carbocycles. The van der Waals surface area contributed by atoms with Gasteiger partial charge in [0.15, 0.2) is 0 Å². The van der Waals surface area contributed by atoms with E-state index < -0.39 is 35.2 Å². The lowest BCUT2D eigenvalue weighted by Crippen LogP contribution is -2.46. The first kappa shape index (κ1) is 64.5. The second kappa shape index (κ2) is 38.0. The zero-order valence-corrected chi connectivity index (χ0v) is 52.7. The van der Waals surface area contributed by atoms with Crippen LogP contribution in [0.3, 0.4) is 0 Å². The maximum Gasteiger partial charge on any atom is 0.500 e. The summed E-state index contributed by atoms with van der Waals surface area (Å²) < 4.78 is 82.6. The molecule has 0 aromatic heterocycles. The molecule has 2 aliphatic heterocycles. The van der Waals surface area contributed by atoms with Gasteiger partial charge in [-0.2, -0.15) is 0 Å². The number of rotatable bonds is 44. The Bertz CT molecular complexity index is 1150. The standard InChI is InChI=1S/C42H84O12S8Si4/c1-13-43-63(44-14-2,45-15-3)33-25-29-55-37-38(56-30-26-34-64(46-16-4,47-17-5)48-18-6)60-41(59-37)42-61-39(57-31-27-35-65(49-19-7,50-20-8)51-21-9)40(62-42)58-32-28-36-66(52-22-10,53-23-11)54-24-12/h13-36H2,1-12H3. The van der Waals surface area contributed by atoms with Gasteiger partial charge in [-0.15, -0.1) is 47.0 Å². The largest absolute Gasteiger partial charge is 0.500 e. The number of hydrogen-bond acceptors (Lipinski definition) is 20. The highest BCUT2D eigenvalue weighted by Gasteiger charge is 2.43. The van der Waals surface area contributed by atoms with Gasteiger partial charge in [0.2, 0.25) is 0 Å². The van der Waals surface area contributed by atoms with E-state index in [2.05, 4.69) is 0 Å². The Labute approximate surface area is 439 Å². The van der Waals surface area contributed by atoms with Crippen molar-refractivity contribution < 1.29 is 53.1 Å². The molecule has 66 heavy (non-hydrogen) atoms. The molecule has 2 rings (SSSR count). The number of hydrogen-bond donors (Lipinski definition) is 0. The summed E-state index contributed by atoms with van der Waals surface area (Å²) in [4.78, 5) is 0. The molecule has 0 aliphatic carbocycles. The van der Waals surface area contributed by atoms with Gasteiger partial charge in [0, 0.05) is 103 Å². The van der Waals surface area contributed by atoms with E-state index in [9.17, 15) is 0 Å². The maximum absolute atomic E-state index is 6.20. The first-order chi connectivity index (χ1) is 32.0. The Kier molecular flexibility index (Phi) is 37.2. The Balaban J connectivity index is 2.37. The van der Waals surface area contributed by atoms with E-state index in [0.717, 1.165) is 72.9 Å². The highest BCUT2D eigenvalue weighted by atomic mass is 32.3. The SMILES string of the molecule is CCO[Si](CCCSC1=C(SCCC[Si](OCC)(OCC)OCC)SC(=C2SC(SCCC[Si](OCC)(OCC)OCC)=C(SCCC[Si](OCC)(OCC)OCC)S2)S1)(OCC)OCC. The molecule has 0 N–H and O–H groups in total. The van der Waals surface area contributed by atoms with Crippen LogP contribution in [-0.2, 0) is 53.1 Å². The highest BCUT2D eigenvalue weighted by molar-refractivity contribution is 8.45. The molecule has 0 unspecified atom stereocenters. The highest BCUT2D eigenvalue weighted by Crippen LogP contribution is 2.66. The Hall–Kier alpha value is 2.41. The van der Waals surface area contributed by atoms with Crippen molar-refractivity contribution in [3.05, 3.63) is 25.4 Å². The molecular weight excluding hydrogens is 1070 g/mol. The normalized spacial score (nSPS) is 15.5. The van der Waals surface area contributed by atoms with E-state index in [4.69, 9.17) is 53.1 Å². The van der Waals surface area contributed by atoms with Gasteiger partial charge in [0.05, 0.1) is 25.4 Å².